The van der Waals surface area contributed by atoms with Crippen molar-refractivity contribution in [2.45, 2.75) is 45.6 Å². The maximum atomic E-state index is 13.7. The number of likely N-dealkylation sites (tertiary alicyclic amines) is 2. The topological polar surface area (TPSA) is 49.9 Å². The van der Waals surface area contributed by atoms with E-state index in [0.29, 0.717) is 50.6 Å². The van der Waals surface area contributed by atoms with Crippen LogP contribution in [0, 0.1) is 23.0 Å². The molecule has 0 aromatic heterocycles. The van der Waals surface area contributed by atoms with Crippen LogP contribution in [0.3, 0.4) is 0 Å². The lowest BCUT2D eigenvalue weighted by Crippen LogP contribution is -2.48. The molecule has 5 nitrogen and oxygen atoms in total. The van der Waals surface area contributed by atoms with Gasteiger partial charge in [-0.3, -0.25) is 9.59 Å². The summed E-state index contributed by atoms with van der Waals surface area (Å²) in [5.74, 6) is -0.0405. The molecule has 0 bridgehead atoms. The van der Waals surface area contributed by atoms with Crippen LogP contribution < -0.4 is 4.74 Å². The predicted molar refractivity (Wildman–Crippen MR) is 125 cm³/mol. The molecule has 0 saturated carbocycles. The molecule has 182 valence electrons. The van der Waals surface area contributed by atoms with Crippen molar-refractivity contribution in [3.63, 3.8) is 0 Å². The van der Waals surface area contributed by atoms with E-state index in [0.717, 1.165) is 12.0 Å². The van der Waals surface area contributed by atoms with Crippen LogP contribution in [-0.2, 0) is 16.0 Å². The zero-order valence-corrected chi connectivity index (χ0v) is 19.8. The van der Waals surface area contributed by atoms with Gasteiger partial charge in [0.05, 0.1) is 5.41 Å². The second-order valence-corrected chi connectivity index (χ2v) is 9.95. The number of nitrogens with zero attached hydrogens (tertiary/aromatic N) is 2. The molecule has 2 fully saturated rings. The molecular formula is C27H32F2N2O3. The van der Waals surface area contributed by atoms with Gasteiger partial charge in [0, 0.05) is 31.7 Å². The summed E-state index contributed by atoms with van der Waals surface area (Å²) in [7, 11) is 0. The number of amides is 2. The van der Waals surface area contributed by atoms with Crippen molar-refractivity contribution < 1.29 is 23.1 Å². The molecule has 2 amide bonds. The maximum absolute atomic E-state index is 13.7. The molecule has 0 unspecified atom stereocenters. The average molecular weight is 471 g/mol. The summed E-state index contributed by atoms with van der Waals surface area (Å²) < 4.78 is 32.5. The van der Waals surface area contributed by atoms with Crippen molar-refractivity contribution >= 4 is 11.8 Å². The molecule has 7 heteroatoms. The third kappa shape index (κ3) is 5.40. The van der Waals surface area contributed by atoms with Gasteiger partial charge in [-0.1, -0.05) is 32.0 Å². The minimum absolute atomic E-state index is 0.0234. The third-order valence-corrected chi connectivity index (χ3v) is 6.94. The molecular weight excluding hydrogens is 438 g/mol. The van der Waals surface area contributed by atoms with Crippen molar-refractivity contribution in [2.24, 2.45) is 11.3 Å². The highest BCUT2D eigenvalue weighted by Crippen LogP contribution is 2.45. The first kappa shape index (κ1) is 24.2. The fourth-order valence-corrected chi connectivity index (χ4v) is 5.26. The molecule has 1 spiro atoms. The molecule has 34 heavy (non-hydrogen) atoms. The van der Waals surface area contributed by atoms with Crippen LogP contribution in [0.15, 0.2) is 48.5 Å². The Morgan fingerprint density at radius 2 is 1.76 bits per heavy atom. The van der Waals surface area contributed by atoms with Crippen LogP contribution in [0.2, 0.25) is 0 Å². The van der Waals surface area contributed by atoms with Gasteiger partial charge in [-0.2, -0.15) is 0 Å². The number of rotatable bonds is 7. The van der Waals surface area contributed by atoms with E-state index in [2.05, 4.69) is 13.8 Å². The quantitative estimate of drug-likeness (QED) is 0.601. The van der Waals surface area contributed by atoms with Crippen molar-refractivity contribution in [1.82, 2.24) is 9.80 Å². The molecule has 2 heterocycles. The Bertz CT molecular complexity index is 1030. The lowest BCUT2D eigenvalue weighted by Gasteiger charge is -2.38. The first-order valence-electron chi connectivity index (χ1n) is 12.0. The van der Waals surface area contributed by atoms with E-state index in [9.17, 15) is 18.4 Å². The summed E-state index contributed by atoms with van der Waals surface area (Å²) in [6, 6.07) is 12.3. The zero-order chi connectivity index (χ0) is 24.3. The molecule has 0 N–H and O–H groups in total. The molecule has 2 aliphatic heterocycles. The second-order valence-electron chi connectivity index (χ2n) is 9.95. The molecule has 2 aromatic carbocycles. The van der Waals surface area contributed by atoms with E-state index in [1.54, 1.807) is 23.1 Å². The smallest absolute Gasteiger partial charge is 0.260 e. The van der Waals surface area contributed by atoms with E-state index in [-0.39, 0.29) is 30.3 Å². The SMILES string of the molecule is CC(C)CN1C(=O)C2(CCN(C(=O)COc3cccc(F)c3)CC2)C[C@H]1Cc1cccc(F)c1. The largest absolute Gasteiger partial charge is 0.484 e. The average Bonchev–Trinajstić information content (AvgIpc) is 3.03. The first-order valence-corrected chi connectivity index (χ1v) is 12.0. The number of carbonyl (C=O) groups is 2. The lowest BCUT2D eigenvalue weighted by atomic mass is 9.75. The predicted octanol–water partition coefficient (Wildman–Crippen LogP) is 4.45. The Hall–Kier alpha value is -2.96. The van der Waals surface area contributed by atoms with Gasteiger partial charge in [0.2, 0.25) is 5.91 Å². The second kappa shape index (κ2) is 10.1. The molecule has 4 rings (SSSR count). The summed E-state index contributed by atoms with van der Waals surface area (Å²) in [6.45, 7) is 5.67. The van der Waals surface area contributed by atoms with Crippen molar-refractivity contribution in [3.8, 4) is 5.75 Å². The normalized spacial score (nSPS) is 19.8. The Morgan fingerprint density at radius 1 is 1.09 bits per heavy atom. The van der Waals surface area contributed by atoms with Crippen molar-refractivity contribution in [2.75, 3.05) is 26.2 Å². The number of ether oxygens (including phenoxy) is 1. The van der Waals surface area contributed by atoms with E-state index in [1.165, 1.54) is 24.3 Å². The van der Waals surface area contributed by atoms with Gasteiger partial charge in [0.25, 0.3) is 5.91 Å². The van der Waals surface area contributed by atoms with Crippen LogP contribution in [0.4, 0.5) is 8.78 Å². The van der Waals surface area contributed by atoms with Gasteiger partial charge in [-0.05, 0) is 61.4 Å². The molecule has 2 saturated heterocycles. The van der Waals surface area contributed by atoms with E-state index in [4.69, 9.17) is 4.74 Å². The minimum atomic E-state index is -0.479. The van der Waals surface area contributed by atoms with Gasteiger partial charge in [0.15, 0.2) is 6.61 Å². The Morgan fingerprint density at radius 3 is 2.41 bits per heavy atom. The molecule has 0 radical (unpaired) electrons. The van der Waals surface area contributed by atoms with Crippen LogP contribution in [-0.4, -0.2) is 53.9 Å². The van der Waals surface area contributed by atoms with Gasteiger partial charge in [-0.15, -0.1) is 0 Å². The fraction of sp³-hybridized carbons (Fsp3) is 0.481. The van der Waals surface area contributed by atoms with Crippen molar-refractivity contribution in [1.29, 1.82) is 0 Å². The van der Waals surface area contributed by atoms with Gasteiger partial charge < -0.3 is 14.5 Å². The standard InChI is InChI=1S/C27H32F2N2O3/c1-19(2)17-31-23(14-20-5-3-6-21(28)13-20)16-27(26(31)33)9-11-30(12-10-27)25(32)18-34-24-8-4-7-22(29)15-24/h3-8,13,15,19,23H,9-12,14,16-18H2,1-2H3/t23-/m1/s1. The van der Waals surface area contributed by atoms with Crippen LogP contribution in [0.25, 0.3) is 0 Å². The summed E-state index contributed by atoms with van der Waals surface area (Å²) in [5.41, 5.74) is 0.415. The number of hydrogen-bond acceptors (Lipinski definition) is 3. The summed E-state index contributed by atoms with van der Waals surface area (Å²) in [5, 5.41) is 0. The fourth-order valence-electron chi connectivity index (χ4n) is 5.26. The highest BCUT2D eigenvalue weighted by molar-refractivity contribution is 5.86. The Labute approximate surface area is 199 Å². The zero-order valence-electron chi connectivity index (χ0n) is 19.8. The summed E-state index contributed by atoms with van der Waals surface area (Å²) in [4.78, 5) is 30.0. The van der Waals surface area contributed by atoms with Gasteiger partial charge >= 0.3 is 0 Å². The van der Waals surface area contributed by atoms with Gasteiger partial charge in [-0.25, -0.2) is 8.78 Å². The van der Waals surface area contributed by atoms with E-state index < -0.39 is 11.2 Å². The number of halogens is 2. The third-order valence-electron chi connectivity index (χ3n) is 6.94. The molecule has 1 atom stereocenters. The van der Waals surface area contributed by atoms with Crippen LogP contribution in [0.1, 0.15) is 38.7 Å². The highest BCUT2D eigenvalue weighted by Gasteiger charge is 2.52. The summed E-state index contributed by atoms with van der Waals surface area (Å²) >= 11 is 0. The van der Waals surface area contributed by atoms with E-state index in [1.807, 2.05) is 11.0 Å². The number of hydrogen-bond donors (Lipinski definition) is 0. The highest BCUT2D eigenvalue weighted by atomic mass is 19.1. The lowest BCUT2D eigenvalue weighted by molar-refractivity contribution is -0.144. The van der Waals surface area contributed by atoms with Crippen LogP contribution >= 0.6 is 0 Å². The molecule has 2 aliphatic rings. The monoisotopic (exact) mass is 470 g/mol. The molecule has 2 aromatic rings. The number of piperidine rings is 1. The van der Waals surface area contributed by atoms with Gasteiger partial charge in [0.1, 0.15) is 17.4 Å². The van der Waals surface area contributed by atoms with Crippen LogP contribution in [0.5, 0.6) is 5.75 Å². The van der Waals surface area contributed by atoms with E-state index >= 15 is 0 Å². The molecule has 0 aliphatic carbocycles. The maximum Gasteiger partial charge on any atom is 0.260 e. The summed E-state index contributed by atoms with van der Waals surface area (Å²) in [6.07, 6.45) is 2.55. The first-order chi connectivity index (χ1) is 16.3. The Kier molecular flexibility index (Phi) is 7.19. The Balaban J connectivity index is 1.39. The number of benzene rings is 2. The number of carbonyl (C=O) groups excluding carboxylic acids is 2. The van der Waals surface area contributed by atoms with Crippen molar-refractivity contribution in [3.05, 3.63) is 65.7 Å². The minimum Gasteiger partial charge on any atom is -0.484 e.